The first kappa shape index (κ1) is 15.0. The summed E-state index contributed by atoms with van der Waals surface area (Å²) >= 11 is 0. The summed E-state index contributed by atoms with van der Waals surface area (Å²) in [5.41, 5.74) is 0.832. The molecule has 0 bridgehead atoms. The highest BCUT2D eigenvalue weighted by Crippen LogP contribution is 2.19. The predicted molar refractivity (Wildman–Crippen MR) is 74.9 cm³/mol. The van der Waals surface area contributed by atoms with Gasteiger partial charge < -0.3 is 14.4 Å². The molecule has 0 aliphatic rings. The third kappa shape index (κ3) is 4.28. The summed E-state index contributed by atoms with van der Waals surface area (Å²) < 4.78 is 10.3. The molecule has 0 aliphatic carbocycles. The van der Waals surface area contributed by atoms with Crippen molar-refractivity contribution >= 4 is 5.97 Å². The van der Waals surface area contributed by atoms with Gasteiger partial charge in [0.25, 0.3) is 0 Å². The molecule has 0 amide bonds. The van der Waals surface area contributed by atoms with E-state index in [0.717, 1.165) is 11.3 Å². The molecule has 0 fully saturated rings. The Morgan fingerprint density at radius 3 is 2.71 bits per heavy atom. The van der Waals surface area contributed by atoms with Crippen LogP contribution in [0.3, 0.4) is 0 Å². The topological polar surface area (TPSA) is 88.7 Å². The van der Waals surface area contributed by atoms with E-state index in [1.807, 2.05) is 29.2 Å². The minimum Gasteiger partial charge on any atom is -0.497 e. The van der Waals surface area contributed by atoms with Crippen molar-refractivity contribution in [1.82, 2.24) is 15.0 Å². The molecular formula is C14H17N3O4. The first-order valence-electron chi connectivity index (χ1n) is 6.46. The number of methoxy groups -OCH3 is 1. The van der Waals surface area contributed by atoms with E-state index in [1.54, 1.807) is 14.2 Å². The normalized spacial score (nSPS) is 10.8. The summed E-state index contributed by atoms with van der Waals surface area (Å²) in [6.07, 6.45) is 0.0793. The lowest BCUT2D eigenvalue weighted by molar-refractivity contribution is -0.137. The molecule has 0 radical (unpaired) electrons. The van der Waals surface area contributed by atoms with E-state index >= 15 is 0 Å². The van der Waals surface area contributed by atoms with Crippen LogP contribution >= 0.6 is 0 Å². The third-order valence-corrected chi connectivity index (χ3v) is 2.93. The summed E-state index contributed by atoms with van der Waals surface area (Å²) in [6.45, 7) is 0.839. The SMILES string of the molecule is COc1ccc(-c2noc(CN(C)CCC(=O)O)n2)cc1. The standard InChI is InChI=1S/C14H17N3O4/c1-17(8-7-13(18)19)9-12-15-14(16-21-12)10-3-5-11(20-2)6-4-10/h3-6H,7-9H2,1-2H3,(H,18,19). The number of carbonyl (C=O) groups is 1. The number of hydrogen-bond acceptors (Lipinski definition) is 6. The Bertz CT molecular complexity index is 595. The van der Waals surface area contributed by atoms with Gasteiger partial charge in [-0.15, -0.1) is 0 Å². The Morgan fingerprint density at radius 1 is 1.38 bits per heavy atom. The van der Waals surface area contributed by atoms with Gasteiger partial charge in [-0.25, -0.2) is 0 Å². The van der Waals surface area contributed by atoms with Gasteiger partial charge in [-0.05, 0) is 31.3 Å². The highest BCUT2D eigenvalue weighted by Gasteiger charge is 2.11. The molecule has 2 rings (SSSR count). The van der Waals surface area contributed by atoms with Crippen LogP contribution in [-0.2, 0) is 11.3 Å². The van der Waals surface area contributed by atoms with E-state index in [9.17, 15) is 4.79 Å². The number of carboxylic acid groups (broad SMARTS) is 1. The van der Waals surface area contributed by atoms with Gasteiger partial charge in [0.15, 0.2) is 0 Å². The second kappa shape index (κ2) is 6.85. The van der Waals surface area contributed by atoms with Gasteiger partial charge in [0.2, 0.25) is 11.7 Å². The van der Waals surface area contributed by atoms with Crippen LogP contribution in [0.4, 0.5) is 0 Å². The highest BCUT2D eigenvalue weighted by atomic mass is 16.5. The molecule has 0 saturated carbocycles. The lowest BCUT2D eigenvalue weighted by atomic mass is 10.2. The highest BCUT2D eigenvalue weighted by molar-refractivity contribution is 5.66. The van der Waals surface area contributed by atoms with E-state index in [0.29, 0.717) is 24.8 Å². The van der Waals surface area contributed by atoms with Crippen LogP contribution in [-0.4, -0.2) is 46.8 Å². The van der Waals surface area contributed by atoms with Gasteiger partial charge in [0.1, 0.15) is 5.75 Å². The van der Waals surface area contributed by atoms with E-state index in [4.69, 9.17) is 14.4 Å². The monoisotopic (exact) mass is 291 g/mol. The molecule has 1 N–H and O–H groups in total. The molecule has 0 saturated heterocycles. The van der Waals surface area contributed by atoms with Crippen molar-refractivity contribution in [2.45, 2.75) is 13.0 Å². The number of ether oxygens (including phenoxy) is 1. The van der Waals surface area contributed by atoms with Crippen molar-refractivity contribution in [2.75, 3.05) is 20.7 Å². The van der Waals surface area contributed by atoms with Crippen molar-refractivity contribution < 1.29 is 19.2 Å². The zero-order valence-electron chi connectivity index (χ0n) is 11.9. The molecule has 112 valence electrons. The summed E-state index contributed by atoms with van der Waals surface area (Å²) in [5, 5.41) is 12.6. The number of carboxylic acids is 1. The van der Waals surface area contributed by atoms with Crippen LogP contribution in [0.15, 0.2) is 28.8 Å². The largest absolute Gasteiger partial charge is 0.497 e. The quantitative estimate of drug-likeness (QED) is 0.829. The van der Waals surface area contributed by atoms with Crippen LogP contribution < -0.4 is 4.74 Å². The van der Waals surface area contributed by atoms with E-state index < -0.39 is 5.97 Å². The van der Waals surface area contributed by atoms with Crippen molar-refractivity contribution in [3.05, 3.63) is 30.2 Å². The maximum Gasteiger partial charge on any atom is 0.304 e. The number of aromatic nitrogens is 2. The van der Waals surface area contributed by atoms with Crippen LogP contribution in [0.1, 0.15) is 12.3 Å². The molecule has 1 aromatic carbocycles. The molecule has 1 aromatic heterocycles. The number of hydrogen-bond donors (Lipinski definition) is 1. The van der Waals surface area contributed by atoms with Gasteiger partial charge in [-0.1, -0.05) is 5.16 Å². The molecule has 2 aromatic rings. The predicted octanol–water partition coefficient (Wildman–Crippen LogP) is 1.65. The Balaban J connectivity index is 1.98. The van der Waals surface area contributed by atoms with Crippen molar-refractivity contribution in [1.29, 1.82) is 0 Å². The van der Waals surface area contributed by atoms with Gasteiger partial charge in [0.05, 0.1) is 20.1 Å². The summed E-state index contributed by atoms with van der Waals surface area (Å²) in [4.78, 5) is 16.6. The zero-order valence-corrected chi connectivity index (χ0v) is 11.9. The Hall–Kier alpha value is -2.41. The Morgan fingerprint density at radius 2 is 2.10 bits per heavy atom. The van der Waals surface area contributed by atoms with Crippen LogP contribution in [0.5, 0.6) is 5.75 Å². The summed E-state index contributed by atoms with van der Waals surface area (Å²) in [6, 6.07) is 7.35. The molecule has 0 spiro atoms. The van der Waals surface area contributed by atoms with E-state index in [2.05, 4.69) is 10.1 Å². The van der Waals surface area contributed by atoms with Gasteiger partial charge in [-0.2, -0.15) is 4.98 Å². The fourth-order valence-electron chi connectivity index (χ4n) is 1.77. The summed E-state index contributed by atoms with van der Waals surface area (Å²) in [7, 11) is 3.41. The average Bonchev–Trinajstić information content (AvgIpc) is 2.93. The number of rotatable bonds is 7. The molecule has 1 heterocycles. The molecule has 7 heteroatoms. The molecule has 0 unspecified atom stereocenters. The van der Waals surface area contributed by atoms with Crippen LogP contribution in [0.2, 0.25) is 0 Å². The maximum atomic E-state index is 10.5. The smallest absolute Gasteiger partial charge is 0.304 e. The maximum absolute atomic E-state index is 10.5. The average molecular weight is 291 g/mol. The fraction of sp³-hybridized carbons (Fsp3) is 0.357. The Kier molecular flexibility index (Phi) is 4.89. The van der Waals surface area contributed by atoms with Crippen molar-refractivity contribution in [3.8, 4) is 17.1 Å². The number of nitrogens with zero attached hydrogens (tertiary/aromatic N) is 3. The zero-order chi connectivity index (χ0) is 15.2. The molecule has 7 nitrogen and oxygen atoms in total. The first-order valence-corrected chi connectivity index (χ1v) is 6.46. The van der Waals surface area contributed by atoms with Gasteiger partial charge >= 0.3 is 5.97 Å². The minimum absolute atomic E-state index is 0.0793. The third-order valence-electron chi connectivity index (χ3n) is 2.93. The molecule has 21 heavy (non-hydrogen) atoms. The number of benzene rings is 1. The minimum atomic E-state index is -0.827. The van der Waals surface area contributed by atoms with Crippen molar-refractivity contribution in [3.63, 3.8) is 0 Å². The van der Waals surface area contributed by atoms with Gasteiger partial charge in [-0.3, -0.25) is 9.69 Å². The Labute approximate surface area is 122 Å². The van der Waals surface area contributed by atoms with Crippen LogP contribution in [0, 0.1) is 0 Å². The number of aliphatic carboxylic acids is 1. The molecule has 0 aliphatic heterocycles. The first-order chi connectivity index (χ1) is 10.1. The van der Waals surface area contributed by atoms with E-state index in [1.165, 1.54) is 0 Å². The van der Waals surface area contributed by atoms with E-state index in [-0.39, 0.29) is 6.42 Å². The van der Waals surface area contributed by atoms with Crippen LogP contribution in [0.25, 0.3) is 11.4 Å². The fourth-order valence-corrected chi connectivity index (χ4v) is 1.77. The lowest BCUT2D eigenvalue weighted by Gasteiger charge is -2.11. The lowest BCUT2D eigenvalue weighted by Crippen LogP contribution is -2.21. The summed E-state index contributed by atoms with van der Waals surface area (Å²) in [5.74, 6) is 0.884. The van der Waals surface area contributed by atoms with Gasteiger partial charge in [0, 0.05) is 12.1 Å². The van der Waals surface area contributed by atoms with Crippen molar-refractivity contribution in [2.24, 2.45) is 0 Å². The second-order valence-electron chi connectivity index (χ2n) is 4.62. The molecule has 0 atom stereocenters. The second-order valence-corrected chi connectivity index (χ2v) is 4.62. The molecular weight excluding hydrogens is 274 g/mol.